The number of rotatable bonds is 2. The number of aromatic nitrogens is 3. The van der Waals surface area contributed by atoms with Gasteiger partial charge in [-0.25, -0.2) is 4.98 Å². The molecule has 0 unspecified atom stereocenters. The van der Waals surface area contributed by atoms with Gasteiger partial charge in [-0.2, -0.15) is 17.9 Å². The number of alkyl halides is 3. The van der Waals surface area contributed by atoms with Crippen LogP contribution in [0.25, 0.3) is 16.4 Å². The molecule has 2 heterocycles. The molecular formula is C13H8F3N3O2S. The Morgan fingerprint density at radius 2 is 2.00 bits per heavy atom. The molecule has 0 aliphatic heterocycles. The SMILES string of the molecule is O=c1cc(-c2ccccc2O)[nH]n1-c1nc(C(F)(F)F)cs1. The molecule has 0 aliphatic carbocycles. The molecule has 3 rings (SSSR count). The summed E-state index contributed by atoms with van der Waals surface area (Å²) in [5, 5.41) is 13.1. The summed E-state index contributed by atoms with van der Waals surface area (Å²) in [5.41, 5.74) is -0.975. The van der Waals surface area contributed by atoms with Crippen LogP contribution in [0, 0.1) is 0 Å². The van der Waals surface area contributed by atoms with Gasteiger partial charge in [0.2, 0.25) is 5.13 Å². The third-order valence-corrected chi connectivity index (χ3v) is 3.71. The van der Waals surface area contributed by atoms with Gasteiger partial charge in [-0.15, -0.1) is 11.3 Å². The van der Waals surface area contributed by atoms with Gasteiger partial charge in [-0.05, 0) is 12.1 Å². The van der Waals surface area contributed by atoms with E-state index >= 15 is 0 Å². The number of hydrogen-bond donors (Lipinski definition) is 2. The summed E-state index contributed by atoms with van der Waals surface area (Å²) < 4.78 is 38.6. The van der Waals surface area contributed by atoms with Crippen LogP contribution in [0.15, 0.2) is 40.5 Å². The average Bonchev–Trinajstić information content (AvgIpc) is 3.05. The lowest BCUT2D eigenvalue weighted by atomic mass is 10.1. The molecule has 2 aromatic heterocycles. The number of halogens is 3. The zero-order chi connectivity index (χ0) is 15.9. The van der Waals surface area contributed by atoms with Crippen molar-refractivity contribution in [2.75, 3.05) is 0 Å². The zero-order valence-corrected chi connectivity index (χ0v) is 11.6. The highest BCUT2D eigenvalue weighted by Gasteiger charge is 2.34. The van der Waals surface area contributed by atoms with E-state index in [1.807, 2.05) is 0 Å². The van der Waals surface area contributed by atoms with Crippen molar-refractivity contribution in [1.29, 1.82) is 0 Å². The van der Waals surface area contributed by atoms with Gasteiger partial charge in [-0.3, -0.25) is 9.89 Å². The van der Waals surface area contributed by atoms with E-state index in [0.717, 1.165) is 10.1 Å². The first-order chi connectivity index (χ1) is 10.4. The quantitative estimate of drug-likeness (QED) is 0.760. The first-order valence-corrected chi connectivity index (χ1v) is 6.88. The number of nitrogens with zero attached hydrogens (tertiary/aromatic N) is 2. The summed E-state index contributed by atoms with van der Waals surface area (Å²) in [6.45, 7) is 0. The van der Waals surface area contributed by atoms with E-state index in [0.29, 0.717) is 16.9 Å². The van der Waals surface area contributed by atoms with Crippen molar-refractivity contribution < 1.29 is 18.3 Å². The standard InChI is InChI=1S/C13H8F3N3O2S/c14-13(15,16)10-6-22-12(17-10)19-11(21)5-8(18-19)7-3-1-2-4-9(7)20/h1-6,18,20H. The molecule has 3 aromatic rings. The van der Waals surface area contributed by atoms with Gasteiger partial charge in [-0.1, -0.05) is 12.1 Å². The van der Waals surface area contributed by atoms with Crippen LogP contribution in [-0.2, 0) is 6.18 Å². The molecule has 9 heteroatoms. The predicted molar refractivity (Wildman–Crippen MR) is 74.2 cm³/mol. The number of aromatic amines is 1. The molecule has 0 saturated heterocycles. The van der Waals surface area contributed by atoms with Crippen LogP contribution in [0.5, 0.6) is 5.75 Å². The van der Waals surface area contributed by atoms with Gasteiger partial charge in [0.15, 0.2) is 5.69 Å². The Hall–Kier alpha value is -2.55. The summed E-state index contributed by atoms with van der Waals surface area (Å²) in [5.74, 6) is -0.0500. The van der Waals surface area contributed by atoms with Gasteiger partial charge >= 0.3 is 6.18 Å². The molecule has 0 saturated carbocycles. The number of aromatic hydroxyl groups is 1. The summed E-state index contributed by atoms with van der Waals surface area (Å²) in [6.07, 6.45) is -4.56. The summed E-state index contributed by atoms with van der Waals surface area (Å²) in [6, 6.07) is 7.48. The second-order valence-corrected chi connectivity index (χ2v) is 5.21. The van der Waals surface area contributed by atoms with Crippen molar-refractivity contribution in [2.24, 2.45) is 0 Å². The van der Waals surface area contributed by atoms with Gasteiger partial charge in [0.05, 0.1) is 5.69 Å². The van der Waals surface area contributed by atoms with E-state index in [9.17, 15) is 23.1 Å². The highest BCUT2D eigenvalue weighted by Crippen LogP contribution is 2.31. The highest BCUT2D eigenvalue weighted by atomic mass is 32.1. The summed E-state index contributed by atoms with van der Waals surface area (Å²) >= 11 is 0.695. The van der Waals surface area contributed by atoms with E-state index in [1.54, 1.807) is 18.2 Å². The number of nitrogens with one attached hydrogen (secondary N) is 1. The van der Waals surface area contributed by atoms with Gasteiger partial charge < -0.3 is 5.11 Å². The molecule has 5 nitrogen and oxygen atoms in total. The first-order valence-electron chi connectivity index (χ1n) is 6.00. The maximum absolute atomic E-state index is 12.6. The van der Waals surface area contributed by atoms with Crippen molar-refractivity contribution >= 4 is 11.3 Å². The number of benzene rings is 1. The Morgan fingerprint density at radius 1 is 1.27 bits per heavy atom. The molecular weight excluding hydrogens is 319 g/mol. The van der Waals surface area contributed by atoms with Gasteiger partial charge in [0, 0.05) is 17.0 Å². The smallest absolute Gasteiger partial charge is 0.434 e. The summed E-state index contributed by atoms with van der Waals surface area (Å²) in [7, 11) is 0. The molecule has 0 aliphatic rings. The molecule has 1 aromatic carbocycles. The van der Waals surface area contributed by atoms with Crippen LogP contribution in [0.3, 0.4) is 0 Å². The van der Waals surface area contributed by atoms with Gasteiger partial charge in [0.25, 0.3) is 5.56 Å². The van der Waals surface area contributed by atoms with E-state index in [-0.39, 0.29) is 16.6 Å². The van der Waals surface area contributed by atoms with E-state index in [1.165, 1.54) is 12.1 Å². The third-order valence-electron chi connectivity index (χ3n) is 2.89. The highest BCUT2D eigenvalue weighted by molar-refractivity contribution is 7.12. The topological polar surface area (TPSA) is 70.9 Å². The molecule has 0 spiro atoms. The summed E-state index contributed by atoms with van der Waals surface area (Å²) in [4.78, 5) is 15.3. The second-order valence-electron chi connectivity index (χ2n) is 4.37. The zero-order valence-electron chi connectivity index (χ0n) is 10.8. The average molecular weight is 327 g/mol. The lowest BCUT2D eigenvalue weighted by Crippen LogP contribution is -2.14. The Morgan fingerprint density at radius 3 is 2.64 bits per heavy atom. The Bertz CT molecular complexity index is 879. The van der Waals surface area contributed by atoms with Crippen LogP contribution >= 0.6 is 11.3 Å². The van der Waals surface area contributed by atoms with Crippen LogP contribution < -0.4 is 5.56 Å². The van der Waals surface area contributed by atoms with Crippen LogP contribution in [0.2, 0.25) is 0 Å². The van der Waals surface area contributed by atoms with E-state index in [4.69, 9.17) is 0 Å². The van der Waals surface area contributed by atoms with Crippen molar-refractivity contribution in [3.05, 3.63) is 51.8 Å². The lowest BCUT2D eigenvalue weighted by Gasteiger charge is -2.01. The normalized spacial score (nSPS) is 11.8. The fraction of sp³-hybridized carbons (Fsp3) is 0.0769. The number of H-pyrrole nitrogens is 1. The van der Waals surface area contributed by atoms with E-state index in [2.05, 4.69) is 10.1 Å². The Kier molecular flexibility index (Phi) is 3.28. The third kappa shape index (κ3) is 2.50. The van der Waals surface area contributed by atoms with Crippen LogP contribution in [-0.4, -0.2) is 19.9 Å². The molecule has 114 valence electrons. The second kappa shape index (κ2) is 5.02. The Balaban J connectivity index is 2.05. The number of phenols is 1. The monoisotopic (exact) mass is 327 g/mol. The minimum absolute atomic E-state index is 0.0500. The number of hydrogen-bond acceptors (Lipinski definition) is 4. The maximum Gasteiger partial charge on any atom is 0.434 e. The lowest BCUT2D eigenvalue weighted by molar-refractivity contribution is -0.140. The predicted octanol–water partition coefficient (Wildman–Crippen LogP) is 3.01. The minimum Gasteiger partial charge on any atom is -0.507 e. The first kappa shape index (κ1) is 14.4. The van der Waals surface area contributed by atoms with Gasteiger partial charge in [0.1, 0.15) is 5.75 Å². The fourth-order valence-corrected chi connectivity index (χ4v) is 2.67. The molecule has 0 amide bonds. The fourth-order valence-electron chi connectivity index (χ4n) is 1.87. The van der Waals surface area contributed by atoms with Crippen molar-refractivity contribution in [1.82, 2.24) is 14.8 Å². The number of phenolic OH excluding ortho intramolecular Hbond substituents is 1. The number of thiazole rings is 1. The molecule has 0 atom stereocenters. The van der Waals surface area contributed by atoms with Crippen LogP contribution in [0.4, 0.5) is 13.2 Å². The minimum atomic E-state index is -4.56. The van der Waals surface area contributed by atoms with Crippen molar-refractivity contribution in [2.45, 2.75) is 6.18 Å². The van der Waals surface area contributed by atoms with E-state index < -0.39 is 17.4 Å². The molecule has 2 N–H and O–H groups in total. The molecule has 0 bridgehead atoms. The molecule has 22 heavy (non-hydrogen) atoms. The largest absolute Gasteiger partial charge is 0.507 e. The van der Waals surface area contributed by atoms with Crippen LogP contribution in [0.1, 0.15) is 5.69 Å². The number of para-hydroxylation sites is 1. The van der Waals surface area contributed by atoms with Crippen molar-refractivity contribution in [3.8, 4) is 22.1 Å². The Labute approximate surface area is 125 Å². The maximum atomic E-state index is 12.6. The molecule has 0 radical (unpaired) electrons. The molecule has 0 fully saturated rings. The van der Waals surface area contributed by atoms with Crippen molar-refractivity contribution in [3.63, 3.8) is 0 Å².